The second kappa shape index (κ2) is 5.99. The first-order chi connectivity index (χ1) is 10.8. The molecule has 2 aromatic rings. The Morgan fingerprint density at radius 2 is 2.26 bits per heavy atom. The number of nitrogens with zero attached hydrogens (tertiary/aromatic N) is 3. The van der Waals surface area contributed by atoms with E-state index in [4.69, 9.17) is 0 Å². The summed E-state index contributed by atoms with van der Waals surface area (Å²) < 4.78 is 38.6. The average molecular weight is 343 g/mol. The van der Waals surface area contributed by atoms with Gasteiger partial charge in [-0.05, 0) is 36.4 Å². The number of rotatable bonds is 3. The number of hydrogen-bond acceptors (Lipinski definition) is 3. The highest BCUT2D eigenvalue weighted by molar-refractivity contribution is 7.10. The molecule has 1 unspecified atom stereocenters. The highest BCUT2D eigenvalue weighted by atomic mass is 32.1. The molecule has 1 amide bonds. The van der Waals surface area contributed by atoms with Crippen LogP contribution in [0.4, 0.5) is 13.2 Å². The summed E-state index contributed by atoms with van der Waals surface area (Å²) in [5, 5.41) is 5.53. The van der Waals surface area contributed by atoms with Crippen LogP contribution in [0.2, 0.25) is 0 Å². The molecule has 8 heteroatoms. The molecule has 4 nitrogen and oxygen atoms in total. The predicted molar refractivity (Wildman–Crippen MR) is 80.2 cm³/mol. The van der Waals surface area contributed by atoms with Gasteiger partial charge in [0.05, 0.1) is 0 Å². The molecule has 1 atom stereocenters. The van der Waals surface area contributed by atoms with Crippen molar-refractivity contribution in [3.63, 3.8) is 0 Å². The number of halogens is 3. The summed E-state index contributed by atoms with van der Waals surface area (Å²) in [4.78, 5) is 15.2. The maximum atomic E-state index is 12.5. The molecule has 0 bridgehead atoms. The molecule has 1 aliphatic heterocycles. The van der Waals surface area contributed by atoms with Crippen molar-refractivity contribution in [2.45, 2.75) is 32.0 Å². The third kappa shape index (κ3) is 3.57. The van der Waals surface area contributed by atoms with Crippen LogP contribution in [0.3, 0.4) is 0 Å². The van der Waals surface area contributed by atoms with Crippen LogP contribution in [0.5, 0.6) is 0 Å². The van der Waals surface area contributed by atoms with E-state index in [9.17, 15) is 18.0 Å². The zero-order chi connectivity index (χ0) is 16.6. The van der Waals surface area contributed by atoms with Crippen LogP contribution in [0.1, 0.15) is 28.5 Å². The van der Waals surface area contributed by atoms with E-state index in [1.807, 2.05) is 6.92 Å². The lowest BCUT2D eigenvalue weighted by Crippen LogP contribution is -2.32. The first-order valence-corrected chi connectivity index (χ1v) is 8.14. The SMILES string of the molecule is Cc1cc(C2CCN(C(=O)Cn3ccc(C(F)(F)F)n3)C2)cs1. The van der Waals surface area contributed by atoms with Crippen molar-refractivity contribution < 1.29 is 18.0 Å². The van der Waals surface area contributed by atoms with Gasteiger partial charge in [-0.25, -0.2) is 0 Å². The Hall–Kier alpha value is -1.83. The van der Waals surface area contributed by atoms with Gasteiger partial charge >= 0.3 is 6.18 Å². The minimum absolute atomic E-state index is 0.161. The third-order valence-electron chi connectivity index (χ3n) is 3.99. The number of alkyl halides is 3. The molecule has 3 heterocycles. The summed E-state index contributed by atoms with van der Waals surface area (Å²) in [5.41, 5.74) is 0.264. The summed E-state index contributed by atoms with van der Waals surface area (Å²) in [6, 6.07) is 3.01. The van der Waals surface area contributed by atoms with Crippen molar-refractivity contribution in [1.29, 1.82) is 0 Å². The van der Waals surface area contributed by atoms with Crippen LogP contribution in [-0.4, -0.2) is 33.7 Å². The lowest BCUT2D eigenvalue weighted by molar-refractivity contribution is -0.142. The number of likely N-dealkylation sites (tertiary alicyclic amines) is 1. The summed E-state index contributed by atoms with van der Waals surface area (Å²) in [5.74, 6) is 0.114. The van der Waals surface area contributed by atoms with Gasteiger partial charge in [0.15, 0.2) is 5.69 Å². The number of aromatic nitrogens is 2. The zero-order valence-electron chi connectivity index (χ0n) is 12.5. The fraction of sp³-hybridized carbons (Fsp3) is 0.467. The van der Waals surface area contributed by atoms with Crippen molar-refractivity contribution in [3.05, 3.63) is 39.8 Å². The largest absolute Gasteiger partial charge is 0.435 e. The maximum Gasteiger partial charge on any atom is 0.435 e. The van der Waals surface area contributed by atoms with E-state index >= 15 is 0 Å². The van der Waals surface area contributed by atoms with Gasteiger partial charge in [0, 0.05) is 30.1 Å². The second-order valence-corrected chi connectivity index (χ2v) is 6.83. The van der Waals surface area contributed by atoms with Crippen molar-refractivity contribution in [2.75, 3.05) is 13.1 Å². The molecular weight excluding hydrogens is 327 g/mol. The summed E-state index contributed by atoms with van der Waals surface area (Å²) in [6.45, 7) is 3.13. The fourth-order valence-corrected chi connectivity index (χ4v) is 3.56. The normalized spacial score (nSPS) is 18.6. The molecule has 2 aromatic heterocycles. The lowest BCUT2D eigenvalue weighted by Gasteiger charge is -2.16. The number of carbonyl (C=O) groups excluding carboxylic acids is 1. The molecule has 23 heavy (non-hydrogen) atoms. The van der Waals surface area contributed by atoms with E-state index in [1.165, 1.54) is 16.6 Å². The molecule has 1 aliphatic rings. The third-order valence-corrected chi connectivity index (χ3v) is 4.87. The van der Waals surface area contributed by atoms with Crippen LogP contribution >= 0.6 is 11.3 Å². The topological polar surface area (TPSA) is 38.1 Å². The van der Waals surface area contributed by atoms with Gasteiger partial charge in [-0.15, -0.1) is 11.3 Å². The molecular formula is C15H16F3N3OS. The van der Waals surface area contributed by atoms with Gasteiger partial charge in [0.2, 0.25) is 5.91 Å². The van der Waals surface area contributed by atoms with Crippen LogP contribution in [0, 0.1) is 6.92 Å². The fourth-order valence-electron chi connectivity index (χ4n) is 2.78. The summed E-state index contributed by atoms with van der Waals surface area (Å²) >= 11 is 1.68. The minimum Gasteiger partial charge on any atom is -0.340 e. The first-order valence-electron chi connectivity index (χ1n) is 7.26. The standard InChI is InChI=1S/C15H16F3N3OS/c1-10-6-12(9-23-10)11-2-4-20(7-11)14(22)8-21-5-3-13(19-21)15(16,17)18/h3,5-6,9,11H,2,4,7-8H2,1H3. The van der Waals surface area contributed by atoms with Crippen molar-refractivity contribution in [1.82, 2.24) is 14.7 Å². The van der Waals surface area contributed by atoms with Gasteiger partial charge in [0.1, 0.15) is 6.54 Å². The highest BCUT2D eigenvalue weighted by Gasteiger charge is 2.34. The number of amides is 1. The Balaban J connectivity index is 1.60. The van der Waals surface area contributed by atoms with E-state index in [-0.39, 0.29) is 12.5 Å². The average Bonchev–Trinajstić information content (AvgIpc) is 3.15. The maximum absolute atomic E-state index is 12.5. The number of carbonyl (C=O) groups is 1. The number of aryl methyl sites for hydroxylation is 1. The lowest BCUT2D eigenvalue weighted by atomic mass is 10.0. The van der Waals surface area contributed by atoms with E-state index in [0.29, 0.717) is 19.0 Å². The van der Waals surface area contributed by atoms with Crippen LogP contribution < -0.4 is 0 Å². The van der Waals surface area contributed by atoms with Gasteiger partial charge < -0.3 is 4.90 Å². The molecule has 1 fully saturated rings. The Kier molecular flexibility index (Phi) is 4.18. The minimum atomic E-state index is -4.48. The smallest absolute Gasteiger partial charge is 0.340 e. The molecule has 0 saturated carbocycles. The predicted octanol–water partition coefficient (Wildman–Crippen LogP) is 3.29. The van der Waals surface area contributed by atoms with Crippen molar-refractivity contribution in [3.8, 4) is 0 Å². The Labute approximate surface area is 135 Å². The van der Waals surface area contributed by atoms with Gasteiger partial charge in [-0.1, -0.05) is 0 Å². The van der Waals surface area contributed by atoms with Crippen molar-refractivity contribution in [2.24, 2.45) is 0 Å². The summed E-state index contributed by atoms with van der Waals surface area (Å²) in [6.07, 6.45) is -2.41. The summed E-state index contributed by atoms with van der Waals surface area (Å²) in [7, 11) is 0. The molecule has 0 N–H and O–H groups in total. The van der Waals surface area contributed by atoms with E-state index in [1.54, 1.807) is 16.2 Å². The number of hydrogen-bond donors (Lipinski definition) is 0. The van der Waals surface area contributed by atoms with E-state index < -0.39 is 11.9 Å². The Morgan fingerprint density at radius 3 is 2.87 bits per heavy atom. The van der Waals surface area contributed by atoms with E-state index in [0.717, 1.165) is 17.2 Å². The molecule has 0 aromatic carbocycles. The number of thiophene rings is 1. The first kappa shape index (κ1) is 16.0. The Morgan fingerprint density at radius 1 is 1.48 bits per heavy atom. The van der Waals surface area contributed by atoms with Gasteiger partial charge in [-0.2, -0.15) is 18.3 Å². The van der Waals surface area contributed by atoms with Crippen LogP contribution in [0.25, 0.3) is 0 Å². The molecule has 124 valence electrons. The quantitative estimate of drug-likeness (QED) is 0.858. The van der Waals surface area contributed by atoms with Crippen LogP contribution in [-0.2, 0) is 17.5 Å². The Bertz CT molecular complexity index is 707. The van der Waals surface area contributed by atoms with Crippen LogP contribution in [0.15, 0.2) is 23.7 Å². The monoisotopic (exact) mass is 343 g/mol. The highest BCUT2D eigenvalue weighted by Crippen LogP contribution is 2.30. The molecule has 3 rings (SSSR count). The molecule has 1 saturated heterocycles. The molecule has 0 radical (unpaired) electrons. The second-order valence-electron chi connectivity index (χ2n) is 5.71. The van der Waals surface area contributed by atoms with E-state index in [2.05, 4.69) is 16.5 Å². The van der Waals surface area contributed by atoms with Gasteiger partial charge in [0.25, 0.3) is 0 Å². The molecule has 0 spiro atoms. The van der Waals surface area contributed by atoms with Gasteiger partial charge in [-0.3, -0.25) is 9.48 Å². The zero-order valence-corrected chi connectivity index (χ0v) is 13.3. The van der Waals surface area contributed by atoms with Crippen molar-refractivity contribution >= 4 is 17.2 Å². The molecule has 0 aliphatic carbocycles.